The molecule has 2 aromatic rings. The molecule has 0 bridgehead atoms. The van der Waals surface area contributed by atoms with Crippen LogP contribution in [-0.2, 0) is 0 Å². The smallest absolute Gasteiger partial charge is 0.236 e. The van der Waals surface area contributed by atoms with Gasteiger partial charge in [-0.3, -0.25) is 4.79 Å². The summed E-state index contributed by atoms with van der Waals surface area (Å²) < 4.78 is 25.8. The third-order valence-corrected chi connectivity index (χ3v) is 2.22. The lowest BCUT2D eigenvalue weighted by Crippen LogP contribution is -1.97. The third-order valence-electron chi connectivity index (χ3n) is 2.22. The minimum atomic E-state index is -0.792. The highest BCUT2D eigenvalue weighted by atomic mass is 19.1. The fourth-order valence-corrected chi connectivity index (χ4v) is 1.41. The predicted molar refractivity (Wildman–Crippen MR) is 64.0 cm³/mol. The van der Waals surface area contributed by atoms with E-state index < -0.39 is 17.4 Å². The number of hydrogen-bond acceptors (Lipinski definition) is 1. The van der Waals surface area contributed by atoms with Crippen molar-refractivity contribution < 1.29 is 13.6 Å². The molecule has 0 aromatic heterocycles. The molecule has 0 saturated heterocycles. The van der Waals surface area contributed by atoms with E-state index in [4.69, 9.17) is 0 Å². The molecule has 2 rings (SSSR count). The van der Waals surface area contributed by atoms with Crippen molar-refractivity contribution in [2.24, 2.45) is 0 Å². The van der Waals surface area contributed by atoms with Gasteiger partial charge in [0.1, 0.15) is 11.6 Å². The third kappa shape index (κ3) is 3.02. The van der Waals surface area contributed by atoms with Crippen molar-refractivity contribution in [1.29, 1.82) is 0 Å². The maximum atomic E-state index is 12.9. The molecule has 0 heterocycles. The van der Waals surface area contributed by atoms with Gasteiger partial charge < -0.3 is 0 Å². The Morgan fingerprint density at radius 3 is 2.17 bits per heavy atom. The van der Waals surface area contributed by atoms with E-state index in [1.165, 1.54) is 0 Å². The Morgan fingerprint density at radius 1 is 0.944 bits per heavy atom. The van der Waals surface area contributed by atoms with E-state index in [2.05, 4.69) is 11.8 Å². The van der Waals surface area contributed by atoms with Crippen LogP contribution in [0.1, 0.15) is 15.9 Å². The van der Waals surface area contributed by atoms with Crippen molar-refractivity contribution in [3.8, 4) is 11.8 Å². The summed E-state index contributed by atoms with van der Waals surface area (Å²) in [6.07, 6.45) is 0. The summed E-state index contributed by atoms with van der Waals surface area (Å²) in [4.78, 5) is 11.6. The number of benzene rings is 2. The lowest BCUT2D eigenvalue weighted by Gasteiger charge is -1.95. The van der Waals surface area contributed by atoms with Gasteiger partial charge in [0.15, 0.2) is 0 Å². The zero-order valence-electron chi connectivity index (χ0n) is 9.28. The normalized spacial score (nSPS) is 9.44. The van der Waals surface area contributed by atoms with E-state index in [0.29, 0.717) is 11.6 Å². The molecule has 0 spiro atoms. The second-order valence-electron chi connectivity index (χ2n) is 3.60. The number of hydrogen-bond donors (Lipinski definition) is 0. The molecule has 0 atom stereocenters. The standard InChI is InChI=1S/C15H8F2O/c16-13-8-12(9-14(17)10-13)15(18)7-6-11-4-2-1-3-5-11/h1-5,8-10H. The van der Waals surface area contributed by atoms with E-state index in [9.17, 15) is 13.6 Å². The van der Waals surface area contributed by atoms with E-state index >= 15 is 0 Å². The number of carbonyl (C=O) groups excluding carboxylic acids is 1. The Morgan fingerprint density at radius 2 is 1.56 bits per heavy atom. The fourth-order valence-electron chi connectivity index (χ4n) is 1.41. The lowest BCUT2D eigenvalue weighted by molar-refractivity contribution is 0.105. The van der Waals surface area contributed by atoms with Gasteiger partial charge in [-0.15, -0.1) is 0 Å². The molecular weight excluding hydrogens is 234 g/mol. The van der Waals surface area contributed by atoms with E-state index in [1.807, 2.05) is 6.07 Å². The minimum absolute atomic E-state index is 0.0871. The van der Waals surface area contributed by atoms with Crippen LogP contribution >= 0.6 is 0 Å². The molecule has 0 fully saturated rings. The van der Waals surface area contributed by atoms with Crippen LogP contribution in [0.3, 0.4) is 0 Å². The Labute approximate surface area is 103 Å². The number of ketones is 1. The Hall–Kier alpha value is -2.47. The van der Waals surface area contributed by atoms with Gasteiger partial charge in [0.05, 0.1) is 0 Å². The molecule has 0 aliphatic carbocycles. The molecular formula is C15H8F2O. The van der Waals surface area contributed by atoms with E-state index in [1.54, 1.807) is 24.3 Å². The van der Waals surface area contributed by atoms with Gasteiger partial charge in [-0.25, -0.2) is 8.78 Å². The zero-order chi connectivity index (χ0) is 13.0. The minimum Gasteiger partial charge on any atom is -0.279 e. The number of carbonyl (C=O) groups is 1. The lowest BCUT2D eigenvalue weighted by atomic mass is 10.1. The molecule has 0 unspecified atom stereocenters. The van der Waals surface area contributed by atoms with Crippen LogP contribution in [0.15, 0.2) is 48.5 Å². The topological polar surface area (TPSA) is 17.1 Å². The van der Waals surface area contributed by atoms with Crippen molar-refractivity contribution >= 4 is 5.78 Å². The summed E-state index contributed by atoms with van der Waals surface area (Å²) in [5.41, 5.74) is 0.582. The number of rotatable bonds is 1. The molecule has 88 valence electrons. The Kier molecular flexibility index (Phi) is 3.49. The van der Waals surface area contributed by atoms with Crippen LogP contribution in [0.5, 0.6) is 0 Å². The maximum absolute atomic E-state index is 12.9. The Bertz CT molecular complexity index is 616. The van der Waals surface area contributed by atoms with Gasteiger partial charge in [0.2, 0.25) is 5.78 Å². The molecule has 0 aliphatic heterocycles. The van der Waals surface area contributed by atoms with Crippen molar-refractivity contribution in [2.75, 3.05) is 0 Å². The van der Waals surface area contributed by atoms with Gasteiger partial charge in [-0.1, -0.05) is 24.1 Å². The van der Waals surface area contributed by atoms with Gasteiger partial charge in [-0.05, 0) is 30.2 Å². The Balaban J connectivity index is 2.25. The summed E-state index contributed by atoms with van der Waals surface area (Å²) in [6.45, 7) is 0. The van der Waals surface area contributed by atoms with E-state index in [-0.39, 0.29) is 5.56 Å². The molecule has 18 heavy (non-hydrogen) atoms. The number of halogens is 2. The highest BCUT2D eigenvalue weighted by molar-refractivity contribution is 6.09. The molecule has 0 N–H and O–H groups in total. The largest absolute Gasteiger partial charge is 0.279 e. The molecule has 0 radical (unpaired) electrons. The van der Waals surface area contributed by atoms with Crippen LogP contribution < -0.4 is 0 Å². The average molecular weight is 242 g/mol. The first-order valence-corrected chi connectivity index (χ1v) is 5.22. The SMILES string of the molecule is O=C(C#Cc1ccccc1)c1cc(F)cc(F)c1. The second-order valence-corrected chi connectivity index (χ2v) is 3.60. The summed E-state index contributed by atoms with van der Waals surface area (Å²) in [6, 6.07) is 11.5. The van der Waals surface area contributed by atoms with Gasteiger partial charge in [0, 0.05) is 17.2 Å². The first-order valence-electron chi connectivity index (χ1n) is 5.22. The van der Waals surface area contributed by atoms with Crippen molar-refractivity contribution in [2.45, 2.75) is 0 Å². The molecule has 0 saturated carbocycles. The quantitative estimate of drug-likeness (QED) is 0.554. The van der Waals surface area contributed by atoms with Crippen molar-refractivity contribution in [3.63, 3.8) is 0 Å². The van der Waals surface area contributed by atoms with Gasteiger partial charge in [-0.2, -0.15) is 0 Å². The fraction of sp³-hybridized carbons (Fsp3) is 0. The summed E-state index contributed by atoms with van der Waals surface area (Å²) in [5, 5.41) is 0. The van der Waals surface area contributed by atoms with E-state index in [0.717, 1.165) is 12.1 Å². The first kappa shape index (κ1) is 12.0. The summed E-state index contributed by atoms with van der Waals surface area (Å²) >= 11 is 0. The molecule has 0 aliphatic rings. The molecule has 3 heteroatoms. The summed E-state index contributed by atoms with van der Waals surface area (Å²) in [5.74, 6) is 2.79. The van der Waals surface area contributed by atoms with Crippen molar-refractivity contribution in [3.05, 3.63) is 71.3 Å². The monoisotopic (exact) mass is 242 g/mol. The van der Waals surface area contributed by atoms with Gasteiger partial charge in [0.25, 0.3) is 0 Å². The summed E-state index contributed by atoms with van der Waals surface area (Å²) in [7, 11) is 0. The molecule has 0 amide bonds. The average Bonchev–Trinajstić information content (AvgIpc) is 2.36. The predicted octanol–water partition coefficient (Wildman–Crippen LogP) is 3.20. The molecule has 2 aromatic carbocycles. The van der Waals surface area contributed by atoms with Crippen LogP contribution in [0.25, 0.3) is 0 Å². The second kappa shape index (κ2) is 5.24. The highest BCUT2D eigenvalue weighted by Crippen LogP contribution is 2.08. The maximum Gasteiger partial charge on any atom is 0.236 e. The molecule has 1 nitrogen and oxygen atoms in total. The van der Waals surface area contributed by atoms with Gasteiger partial charge >= 0.3 is 0 Å². The van der Waals surface area contributed by atoms with Crippen LogP contribution in [0.4, 0.5) is 8.78 Å². The van der Waals surface area contributed by atoms with Crippen molar-refractivity contribution in [1.82, 2.24) is 0 Å². The van der Waals surface area contributed by atoms with Crippen LogP contribution in [-0.4, -0.2) is 5.78 Å². The highest BCUT2D eigenvalue weighted by Gasteiger charge is 2.06. The van der Waals surface area contributed by atoms with Crippen LogP contribution in [0.2, 0.25) is 0 Å². The zero-order valence-corrected chi connectivity index (χ0v) is 9.28. The first-order chi connectivity index (χ1) is 8.65. The van der Waals surface area contributed by atoms with Crippen LogP contribution in [0, 0.1) is 23.5 Å². The number of Topliss-reactive ketones (excluding diaryl/α,β-unsaturated/α-hetero) is 1.